The molecule has 0 spiro atoms. The quantitative estimate of drug-likeness (QED) is 0.642. The van der Waals surface area contributed by atoms with E-state index < -0.39 is 5.41 Å². The number of anilines is 1. The SMILES string of the molecule is Cc1ccccc1C1NC(=O)c2cccc(NC(=O)C34CCC(C3)c3ccccc34)c21. The number of carbonyl (C=O) groups is 2. The maximum absolute atomic E-state index is 13.7. The number of nitrogens with one attached hydrogen (secondary N) is 2. The highest BCUT2D eigenvalue weighted by Crippen LogP contribution is 2.57. The molecule has 2 N–H and O–H groups in total. The number of hydrogen-bond acceptors (Lipinski definition) is 2. The maximum Gasteiger partial charge on any atom is 0.252 e. The van der Waals surface area contributed by atoms with Crippen molar-refractivity contribution in [1.29, 1.82) is 0 Å². The summed E-state index contributed by atoms with van der Waals surface area (Å²) < 4.78 is 0. The van der Waals surface area contributed by atoms with E-state index in [9.17, 15) is 9.59 Å². The van der Waals surface area contributed by atoms with E-state index in [0.717, 1.165) is 41.6 Å². The molecule has 0 radical (unpaired) electrons. The van der Waals surface area contributed by atoms with Crippen LogP contribution in [0.5, 0.6) is 0 Å². The summed E-state index contributed by atoms with van der Waals surface area (Å²) in [6.45, 7) is 2.05. The van der Waals surface area contributed by atoms with Gasteiger partial charge in [0.15, 0.2) is 0 Å². The van der Waals surface area contributed by atoms with Crippen LogP contribution in [0.4, 0.5) is 5.69 Å². The molecule has 1 fully saturated rings. The van der Waals surface area contributed by atoms with Crippen LogP contribution in [-0.4, -0.2) is 11.8 Å². The Hall–Kier alpha value is -3.40. The molecule has 3 atom stereocenters. The standard InChI is InChI=1S/C27H24N2O2/c1-16-7-2-3-8-18(16)24-23-20(25(30)29-24)10-6-12-22(23)28-26(31)27-14-13-17(15-27)19-9-4-5-11-21(19)27/h2-12,17,24H,13-15H2,1H3,(H,28,31)(H,29,30). The number of aryl methyl sites for hydroxylation is 1. The molecule has 2 aliphatic carbocycles. The van der Waals surface area contributed by atoms with Gasteiger partial charge < -0.3 is 10.6 Å². The first-order valence-electron chi connectivity index (χ1n) is 11.0. The van der Waals surface area contributed by atoms with Gasteiger partial charge in [0.1, 0.15) is 0 Å². The van der Waals surface area contributed by atoms with Crippen LogP contribution in [0.25, 0.3) is 0 Å². The number of hydrogen-bond donors (Lipinski definition) is 2. The van der Waals surface area contributed by atoms with Crippen LogP contribution in [0.15, 0.2) is 66.7 Å². The highest BCUT2D eigenvalue weighted by Gasteiger charge is 2.53. The van der Waals surface area contributed by atoms with Crippen molar-refractivity contribution in [2.75, 3.05) is 5.32 Å². The lowest BCUT2D eigenvalue weighted by Gasteiger charge is -2.28. The van der Waals surface area contributed by atoms with Crippen LogP contribution >= 0.6 is 0 Å². The summed E-state index contributed by atoms with van der Waals surface area (Å²) in [5.41, 5.74) is 6.46. The van der Waals surface area contributed by atoms with E-state index in [4.69, 9.17) is 0 Å². The molecule has 4 nitrogen and oxygen atoms in total. The molecular weight excluding hydrogens is 384 g/mol. The Kier molecular flexibility index (Phi) is 3.88. The van der Waals surface area contributed by atoms with Gasteiger partial charge in [-0.1, -0.05) is 54.6 Å². The molecule has 0 aromatic heterocycles. The van der Waals surface area contributed by atoms with Crippen LogP contribution in [-0.2, 0) is 10.2 Å². The summed E-state index contributed by atoms with van der Waals surface area (Å²) in [5, 5.41) is 6.37. The Bertz CT molecular complexity index is 1250. The average Bonchev–Trinajstić information content (AvgIpc) is 3.47. The first-order valence-corrected chi connectivity index (χ1v) is 11.0. The van der Waals surface area contributed by atoms with Crippen LogP contribution in [0.3, 0.4) is 0 Å². The van der Waals surface area contributed by atoms with Crippen molar-refractivity contribution in [3.63, 3.8) is 0 Å². The van der Waals surface area contributed by atoms with E-state index in [-0.39, 0.29) is 17.9 Å². The minimum absolute atomic E-state index is 0.0521. The van der Waals surface area contributed by atoms with Crippen molar-refractivity contribution < 1.29 is 9.59 Å². The largest absolute Gasteiger partial charge is 0.341 e. The van der Waals surface area contributed by atoms with Gasteiger partial charge in [-0.15, -0.1) is 0 Å². The number of amides is 2. The van der Waals surface area contributed by atoms with E-state index in [0.29, 0.717) is 11.5 Å². The second-order valence-electron chi connectivity index (χ2n) is 9.09. The van der Waals surface area contributed by atoms with Crippen molar-refractivity contribution in [2.24, 2.45) is 0 Å². The zero-order valence-electron chi connectivity index (χ0n) is 17.4. The topological polar surface area (TPSA) is 58.2 Å². The van der Waals surface area contributed by atoms with Crippen molar-refractivity contribution in [3.8, 4) is 0 Å². The zero-order chi connectivity index (χ0) is 21.2. The van der Waals surface area contributed by atoms with E-state index in [2.05, 4.69) is 28.8 Å². The second-order valence-corrected chi connectivity index (χ2v) is 9.09. The van der Waals surface area contributed by atoms with Gasteiger partial charge in [0.2, 0.25) is 5.91 Å². The van der Waals surface area contributed by atoms with Gasteiger partial charge in [0.05, 0.1) is 11.5 Å². The van der Waals surface area contributed by atoms with Crippen LogP contribution < -0.4 is 10.6 Å². The van der Waals surface area contributed by atoms with Crippen molar-refractivity contribution >= 4 is 17.5 Å². The Morgan fingerprint density at radius 1 is 1.00 bits per heavy atom. The van der Waals surface area contributed by atoms with Crippen molar-refractivity contribution in [2.45, 2.75) is 43.6 Å². The fraction of sp³-hybridized carbons (Fsp3) is 0.259. The van der Waals surface area contributed by atoms with Crippen LogP contribution in [0.2, 0.25) is 0 Å². The smallest absolute Gasteiger partial charge is 0.252 e. The van der Waals surface area contributed by atoms with E-state index in [1.807, 2.05) is 55.5 Å². The van der Waals surface area contributed by atoms with Gasteiger partial charge in [0, 0.05) is 16.8 Å². The first-order chi connectivity index (χ1) is 15.1. The molecule has 31 heavy (non-hydrogen) atoms. The number of benzene rings is 3. The van der Waals surface area contributed by atoms with Gasteiger partial charge in [-0.25, -0.2) is 0 Å². The molecule has 3 aromatic carbocycles. The summed E-state index contributed by atoms with van der Waals surface area (Å²) in [6.07, 6.45) is 2.82. The molecular formula is C27H24N2O2. The van der Waals surface area contributed by atoms with Gasteiger partial charge >= 0.3 is 0 Å². The monoisotopic (exact) mass is 408 g/mol. The third-order valence-electron chi connectivity index (χ3n) is 7.53. The highest BCUT2D eigenvalue weighted by molar-refractivity contribution is 6.06. The normalized spacial score (nSPS) is 25.1. The first kappa shape index (κ1) is 18.4. The highest BCUT2D eigenvalue weighted by atomic mass is 16.2. The molecule has 3 aromatic rings. The van der Waals surface area contributed by atoms with Crippen molar-refractivity contribution in [1.82, 2.24) is 5.32 Å². The predicted molar refractivity (Wildman–Crippen MR) is 120 cm³/mol. The lowest BCUT2D eigenvalue weighted by atomic mass is 9.78. The lowest BCUT2D eigenvalue weighted by Crippen LogP contribution is -2.37. The second kappa shape index (κ2) is 6.55. The van der Waals surface area contributed by atoms with E-state index in [1.54, 1.807) is 0 Å². The third kappa shape index (κ3) is 2.54. The molecule has 4 heteroatoms. The van der Waals surface area contributed by atoms with Gasteiger partial charge in [-0.05, 0) is 66.5 Å². The van der Waals surface area contributed by atoms with Gasteiger partial charge in [0.25, 0.3) is 5.91 Å². The summed E-state index contributed by atoms with van der Waals surface area (Å²) >= 11 is 0. The molecule has 1 saturated carbocycles. The molecule has 0 saturated heterocycles. The molecule has 1 heterocycles. The Morgan fingerprint density at radius 2 is 1.77 bits per heavy atom. The molecule has 2 bridgehead atoms. The number of rotatable bonds is 3. The van der Waals surface area contributed by atoms with E-state index in [1.165, 1.54) is 11.1 Å². The van der Waals surface area contributed by atoms with Crippen LogP contribution in [0.1, 0.15) is 69.4 Å². The van der Waals surface area contributed by atoms with Gasteiger partial charge in [-0.2, -0.15) is 0 Å². The maximum atomic E-state index is 13.7. The van der Waals surface area contributed by atoms with Crippen LogP contribution in [0, 0.1) is 6.92 Å². The predicted octanol–water partition coefficient (Wildman–Crippen LogP) is 4.99. The van der Waals surface area contributed by atoms with Gasteiger partial charge in [-0.3, -0.25) is 9.59 Å². The number of carbonyl (C=O) groups excluding carboxylic acids is 2. The number of fused-ring (bicyclic) bond motifs is 6. The summed E-state index contributed by atoms with van der Waals surface area (Å²) in [5.74, 6) is 0.437. The Balaban J connectivity index is 1.41. The molecule has 3 unspecified atom stereocenters. The Morgan fingerprint density at radius 3 is 2.61 bits per heavy atom. The fourth-order valence-corrected chi connectivity index (χ4v) is 6.02. The molecule has 2 amide bonds. The minimum atomic E-state index is -0.460. The lowest BCUT2D eigenvalue weighted by molar-refractivity contribution is -0.121. The molecule has 3 aliphatic rings. The molecule has 154 valence electrons. The third-order valence-corrected chi connectivity index (χ3v) is 7.53. The summed E-state index contributed by atoms with van der Waals surface area (Å²) in [7, 11) is 0. The summed E-state index contributed by atoms with van der Waals surface area (Å²) in [6, 6.07) is 21.8. The molecule has 1 aliphatic heterocycles. The van der Waals surface area contributed by atoms with E-state index >= 15 is 0 Å². The van der Waals surface area contributed by atoms with Crippen molar-refractivity contribution in [3.05, 3.63) is 100 Å². The fourth-order valence-electron chi connectivity index (χ4n) is 6.02. The average molecular weight is 409 g/mol. The summed E-state index contributed by atoms with van der Waals surface area (Å²) in [4.78, 5) is 26.5. The molecule has 6 rings (SSSR count). The minimum Gasteiger partial charge on any atom is -0.341 e. The Labute approximate surface area is 181 Å². The zero-order valence-corrected chi connectivity index (χ0v) is 17.4.